The minimum Gasteiger partial charge on any atom is -0.494 e. The van der Waals surface area contributed by atoms with Crippen molar-refractivity contribution in [2.75, 3.05) is 6.61 Å². The van der Waals surface area contributed by atoms with E-state index in [2.05, 4.69) is 55.2 Å². The maximum Gasteiger partial charge on any atom is 0.171 e. The van der Waals surface area contributed by atoms with Gasteiger partial charge in [-0.25, -0.2) is 0 Å². The highest BCUT2D eigenvalue weighted by atomic mass is 31.2. The predicted octanol–water partition coefficient (Wildman–Crippen LogP) is 9.64. The lowest BCUT2D eigenvalue weighted by atomic mass is 10.1. The first-order chi connectivity index (χ1) is 22.1. The van der Waals surface area contributed by atoms with Crippen molar-refractivity contribution >= 4 is 35.2 Å². The lowest BCUT2D eigenvalue weighted by Crippen LogP contribution is -2.24. The SMILES string of the molecule is CCCCCCCCOc1ccc(/C=C/c2ccc(C#Cc3ccc(P(=O)(c4ccccc4)c4ccccc4)cc3)cc2)cc1. The third kappa shape index (κ3) is 8.98. The smallest absolute Gasteiger partial charge is 0.171 e. The zero-order valence-corrected chi connectivity index (χ0v) is 27.0. The summed E-state index contributed by atoms with van der Waals surface area (Å²) in [6, 6.07) is 43.8. The van der Waals surface area contributed by atoms with Gasteiger partial charge in [-0.15, -0.1) is 0 Å². The van der Waals surface area contributed by atoms with Crippen molar-refractivity contribution < 1.29 is 9.30 Å². The Kier molecular flexibility index (Phi) is 11.7. The minimum absolute atomic E-state index is 0.784. The van der Waals surface area contributed by atoms with Gasteiger partial charge in [-0.3, -0.25) is 0 Å². The lowest BCUT2D eigenvalue weighted by Gasteiger charge is -2.20. The van der Waals surface area contributed by atoms with Crippen LogP contribution in [0, 0.1) is 11.8 Å². The highest BCUT2D eigenvalue weighted by Gasteiger charge is 2.29. The lowest BCUT2D eigenvalue weighted by molar-refractivity contribution is 0.304. The van der Waals surface area contributed by atoms with Gasteiger partial charge in [0.1, 0.15) is 5.75 Å². The van der Waals surface area contributed by atoms with E-state index >= 15 is 0 Å². The Morgan fingerprint density at radius 1 is 0.533 bits per heavy atom. The van der Waals surface area contributed by atoms with Crippen LogP contribution in [0.25, 0.3) is 12.2 Å². The van der Waals surface area contributed by atoms with E-state index in [9.17, 15) is 4.57 Å². The Hall–Kier alpha value is -4.57. The average molecular weight is 609 g/mol. The molecule has 0 atom stereocenters. The summed E-state index contributed by atoms with van der Waals surface area (Å²) in [6.07, 6.45) is 11.8. The number of hydrogen-bond acceptors (Lipinski definition) is 2. The minimum atomic E-state index is -2.98. The topological polar surface area (TPSA) is 26.3 Å². The quantitative estimate of drug-likeness (QED) is 0.0576. The van der Waals surface area contributed by atoms with E-state index in [1.807, 2.05) is 109 Å². The second-order valence-corrected chi connectivity index (χ2v) is 14.0. The first kappa shape index (κ1) is 31.8. The molecule has 0 bridgehead atoms. The van der Waals surface area contributed by atoms with Crippen molar-refractivity contribution in [3.8, 4) is 17.6 Å². The molecule has 45 heavy (non-hydrogen) atoms. The summed E-state index contributed by atoms with van der Waals surface area (Å²) in [4.78, 5) is 0. The van der Waals surface area contributed by atoms with Crippen molar-refractivity contribution in [1.82, 2.24) is 0 Å². The second-order valence-electron chi connectivity index (χ2n) is 11.2. The maximum absolute atomic E-state index is 14.5. The third-order valence-electron chi connectivity index (χ3n) is 7.85. The molecule has 0 saturated heterocycles. The van der Waals surface area contributed by atoms with Gasteiger partial charge in [0.25, 0.3) is 0 Å². The van der Waals surface area contributed by atoms with Crippen LogP contribution in [0.4, 0.5) is 0 Å². The molecule has 0 amide bonds. The molecular formula is C42H41O2P. The molecule has 0 unspecified atom stereocenters. The molecule has 0 radical (unpaired) electrons. The molecule has 0 spiro atoms. The van der Waals surface area contributed by atoms with Crippen LogP contribution in [0.3, 0.4) is 0 Å². The number of rotatable bonds is 13. The molecule has 5 rings (SSSR count). The van der Waals surface area contributed by atoms with E-state index in [1.54, 1.807) is 0 Å². The van der Waals surface area contributed by atoms with Crippen molar-refractivity contribution in [2.45, 2.75) is 45.4 Å². The van der Waals surface area contributed by atoms with E-state index in [0.717, 1.165) is 56.9 Å². The summed E-state index contributed by atoms with van der Waals surface area (Å²) in [5, 5.41) is 2.46. The van der Waals surface area contributed by atoms with Crippen LogP contribution in [0.2, 0.25) is 0 Å². The molecule has 0 N–H and O–H groups in total. The molecule has 0 saturated carbocycles. The molecule has 5 aromatic carbocycles. The van der Waals surface area contributed by atoms with Crippen molar-refractivity contribution in [1.29, 1.82) is 0 Å². The van der Waals surface area contributed by atoms with Gasteiger partial charge in [0.2, 0.25) is 0 Å². The first-order valence-corrected chi connectivity index (χ1v) is 17.7. The summed E-state index contributed by atoms with van der Waals surface area (Å²) in [5.74, 6) is 7.46. The maximum atomic E-state index is 14.5. The standard InChI is InChI=1S/C42H41O2P/c1-2-3-4-5-6-13-34-44-39-30-26-37(27-31-39)24-22-35-18-20-36(21-19-35)23-25-38-28-32-42(33-29-38)45(43,40-14-9-7-10-15-40)41-16-11-8-12-17-41/h7-12,14-22,24,26-33H,2-6,13,34H2,1H3/b24-22+. The Morgan fingerprint density at radius 3 is 1.51 bits per heavy atom. The van der Waals surface area contributed by atoms with Gasteiger partial charge >= 0.3 is 0 Å². The Morgan fingerprint density at radius 2 is 0.978 bits per heavy atom. The molecule has 2 nitrogen and oxygen atoms in total. The fraction of sp³-hybridized carbons (Fsp3) is 0.190. The highest BCUT2D eigenvalue weighted by Crippen LogP contribution is 2.42. The van der Waals surface area contributed by atoms with Crippen LogP contribution >= 0.6 is 7.14 Å². The fourth-order valence-corrected chi connectivity index (χ4v) is 7.89. The molecule has 3 heteroatoms. The van der Waals surface area contributed by atoms with Crippen LogP contribution in [-0.4, -0.2) is 6.61 Å². The van der Waals surface area contributed by atoms with E-state index in [-0.39, 0.29) is 0 Å². The number of ether oxygens (including phenoxy) is 1. The van der Waals surface area contributed by atoms with Gasteiger partial charge < -0.3 is 9.30 Å². The van der Waals surface area contributed by atoms with Crippen molar-refractivity contribution in [3.05, 3.63) is 156 Å². The zero-order valence-electron chi connectivity index (χ0n) is 26.1. The Balaban J connectivity index is 1.17. The molecule has 226 valence electrons. The van der Waals surface area contributed by atoms with Crippen LogP contribution in [0.1, 0.15) is 67.7 Å². The molecule has 0 aliphatic heterocycles. The summed E-state index contributed by atoms with van der Waals surface area (Å²) in [5.41, 5.74) is 4.08. The van der Waals surface area contributed by atoms with E-state index in [0.29, 0.717) is 0 Å². The van der Waals surface area contributed by atoms with Crippen LogP contribution in [0.5, 0.6) is 5.75 Å². The Bertz CT molecular complexity index is 1700. The first-order valence-electron chi connectivity index (χ1n) is 16.0. The number of unbranched alkanes of at least 4 members (excludes halogenated alkanes) is 5. The molecular weight excluding hydrogens is 567 g/mol. The van der Waals surface area contributed by atoms with Crippen molar-refractivity contribution in [3.63, 3.8) is 0 Å². The molecule has 0 aromatic heterocycles. The van der Waals surface area contributed by atoms with Crippen LogP contribution in [0.15, 0.2) is 133 Å². The van der Waals surface area contributed by atoms with Gasteiger partial charge in [-0.05, 0) is 66.1 Å². The Labute approximate surface area is 269 Å². The fourth-order valence-electron chi connectivity index (χ4n) is 5.24. The molecule has 0 heterocycles. The van der Waals surface area contributed by atoms with Gasteiger partial charge in [0.05, 0.1) is 6.61 Å². The third-order valence-corrected chi connectivity index (χ3v) is 10.9. The van der Waals surface area contributed by atoms with Crippen LogP contribution in [-0.2, 0) is 4.57 Å². The van der Waals surface area contributed by atoms with Gasteiger partial charge in [0, 0.05) is 27.0 Å². The van der Waals surface area contributed by atoms with E-state index in [1.165, 1.54) is 32.1 Å². The van der Waals surface area contributed by atoms with Gasteiger partial charge in [0.15, 0.2) is 7.14 Å². The van der Waals surface area contributed by atoms with Crippen molar-refractivity contribution in [2.24, 2.45) is 0 Å². The summed E-state index contributed by atoms with van der Waals surface area (Å²) >= 11 is 0. The van der Waals surface area contributed by atoms with E-state index < -0.39 is 7.14 Å². The molecule has 0 aliphatic carbocycles. The predicted molar refractivity (Wildman–Crippen MR) is 192 cm³/mol. The molecule has 5 aromatic rings. The zero-order chi connectivity index (χ0) is 31.2. The van der Waals surface area contributed by atoms with Gasteiger partial charge in [-0.2, -0.15) is 0 Å². The summed E-state index contributed by atoms with van der Waals surface area (Å²) in [6.45, 7) is 3.03. The molecule has 0 fully saturated rings. The molecule has 0 aliphatic rings. The number of hydrogen-bond donors (Lipinski definition) is 0. The monoisotopic (exact) mass is 608 g/mol. The van der Waals surface area contributed by atoms with Crippen LogP contribution < -0.4 is 20.7 Å². The van der Waals surface area contributed by atoms with Gasteiger partial charge in [-0.1, -0.05) is 148 Å². The van der Waals surface area contributed by atoms with E-state index in [4.69, 9.17) is 4.74 Å². The normalized spacial score (nSPS) is 11.2. The summed E-state index contributed by atoms with van der Waals surface area (Å²) in [7, 11) is -2.98. The summed E-state index contributed by atoms with van der Waals surface area (Å²) < 4.78 is 20.4. The average Bonchev–Trinajstić information content (AvgIpc) is 3.11. The largest absolute Gasteiger partial charge is 0.494 e. The number of benzene rings is 5. The second kappa shape index (κ2) is 16.5. The highest BCUT2D eigenvalue weighted by molar-refractivity contribution is 7.85.